The zero-order valence-electron chi connectivity index (χ0n) is 13.4. The van der Waals surface area contributed by atoms with Crippen molar-refractivity contribution < 1.29 is 9.18 Å². The summed E-state index contributed by atoms with van der Waals surface area (Å²) in [4.78, 5) is 15.9. The van der Waals surface area contributed by atoms with Crippen molar-refractivity contribution in [2.75, 3.05) is 11.9 Å². The molecule has 1 amide bonds. The number of benzene rings is 1. The van der Waals surface area contributed by atoms with Crippen molar-refractivity contribution in [2.24, 2.45) is 5.92 Å². The summed E-state index contributed by atoms with van der Waals surface area (Å²) >= 11 is 0. The molecule has 4 nitrogen and oxygen atoms in total. The summed E-state index contributed by atoms with van der Waals surface area (Å²) in [6.45, 7) is 4.42. The number of carbonyl (C=O) groups excluding carboxylic acids is 1. The van der Waals surface area contributed by atoms with E-state index in [0.29, 0.717) is 11.6 Å². The Morgan fingerprint density at radius 2 is 1.96 bits per heavy atom. The zero-order valence-corrected chi connectivity index (χ0v) is 13.4. The van der Waals surface area contributed by atoms with Gasteiger partial charge in [0.2, 0.25) is 5.91 Å². The fourth-order valence-corrected chi connectivity index (χ4v) is 2.28. The van der Waals surface area contributed by atoms with E-state index in [-0.39, 0.29) is 24.3 Å². The van der Waals surface area contributed by atoms with Crippen LogP contribution in [0.15, 0.2) is 48.8 Å². The highest BCUT2D eigenvalue weighted by molar-refractivity contribution is 5.92. The minimum absolute atomic E-state index is 0.109. The third-order valence-electron chi connectivity index (χ3n) is 3.64. The van der Waals surface area contributed by atoms with Crippen molar-refractivity contribution in [3.63, 3.8) is 0 Å². The molecule has 0 bridgehead atoms. The molecule has 0 fully saturated rings. The largest absolute Gasteiger partial charge is 0.324 e. The van der Waals surface area contributed by atoms with E-state index in [1.54, 1.807) is 36.7 Å². The number of amides is 1. The van der Waals surface area contributed by atoms with E-state index in [4.69, 9.17) is 0 Å². The number of carbonyl (C=O) groups is 1. The number of nitrogens with one attached hydrogen (secondary N) is 2. The van der Waals surface area contributed by atoms with Crippen molar-refractivity contribution >= 4 is 11.6 Å². The summed E-state index contributed by atoms with van der Waals surface area (Å²) in [6, 6.07) is 10.2. The summed E-state index contributed by atoms with van der Waals surface area (Å²) in [5.41, 5.74) is 1.73. The SMILES string of the molecule is CC(C)C(Cc1ccc(F)cc1)NCC(=O)Nc1cccnc1. The fraction of sp³-hybridized carbons (Fsp3) is 0.333. The number of hydrogen-bond acceptors (Lipinski definition) is 3. The Labute approximate surface area is 136 Å². The van der Waals surface area contributed by atoms with Gasteiger partial charge in [-0.25, -0.2) is 4.39 Å². The number of hydrogen-bond donors (Lipinski definition) is 2. The molecule has 0 aliphatic rings. The Hall–Kier alpha value is -2.27. The molecular weight excluding hydrogens is 293 g/mol. The van der Waals surface area contributed by atoms with Crippen LogP contribution in [0.2, 0.25) is 0 Å². The monoisotopic (exact) mass is 315 g/mol. The van der Waals surface area contributed by atoms with Crippen LogP contribution in [0, 0.1) is 11.7 Å². The number of anilines is 1. The predicted molar refractivity (Wildman–Crippen MR) is 89.6 cm³/mol. The van der Waals surface area contributed by atoms with Crippen LogP contribution in [0.3, 0.4) is 0 Å². The van der Waals surface area contributed by atoms with Crippen LogP contribution in [0.1, 0.15) is 19.4 Å². The molecule has 0 aliphatic heterocycles. The van der Waals surface area contributed by atoms with Crippen LogP contribution in [0.4, 0.5) is 10.1 Å². The van der Waals surface area contributed by atoms with Crippen LogP contribution in [-0.2, 0) is 11.2 Å². The van der Waals surface area contributed by atoms with E-state index in [0.717, 1.165) is 12.0 Å². The van der Waals surface area contributed by atoms with E-state index < -0.39 is 0 Å². The van der Waals surface area contributed by atoms with Gasteiger partial charge in [-0.05, 0) is 42.2 Å². The van der Waals surface area contributed by atoms with E-state index in [1.165, 1.54) is 12.1 Å². The maximum atomic E-state index is 13.0. The third-order valence-corrected chi connectivity index (χ3v) is 3.64. The Kier molecular flexibility index (Phi) is 6.23. The van der Waals surface area contributed by atoms with Crippen molar-refractivity contribution in [3.05, 3.63) is 60.2 Å². The molecule has 2 aromatic rings. The summed E-state index contributed by atoms with van der Waals surface area (Å²) in [7, 11) is 0. The minimum atomic E-state index is -0.237. The maximum Gasteiger partial charge on any atom is 0.238 e. The summed E-state index contributed by atoms with van der Waals surface area (Å²) in [6.07, 6.45) is 4.01. The summed E-state index contributed by atoms with van der Waals surface area (Å²) in [5.74, 6) is 0.00709. The minimum Gasteiger partial charge on any atom is -0.324 e. The first-order valence-electron chi connectivity index (χ1n) is 7.72. The van der Waals surface area contributed by atoms with Gasteiger partial charge >= 0.3 is 0 Å². The first-order chi connectivity index (χ1) is 11.0. The summed E-state index contributed by atoms with van der Waals surface area (Å²) < 4.78 is 13.0. The standard InChI is InChI=1S/C18H22FN3O/c1-13(2)17(10-14-5-7-15(19)8-6-14)21-12-18(23)22-16-4-3-9-20-11-16/h3-9,11,13,17,21H,10,12H2,1-2H3,(H,22,23). The van der Waals surface area contributed by atoms with Gasteiger partial charge in [-0.1, -0.05) is 26.0 Å². The van der Waals surface area contributed by atoms with Crippen molar-refractivity contribution in [3.8, 4) is 0 Å². The molecule has 0 aliphatic carbocycles. The third kappa shape index (κ3) is 5.79. The number of rotatable bonds is 7. The molecule has 2 rings (SSSR count). The topological polar surface area (TPSA) is 54.0 Å². The molecule has 5 heteroatoms. The molecule has 0 spiro atoms. The fourth-order valence-electron chi connectivity index (χ4n) is 2.28. The highest BCUT2D eigenvalue weighted by Gasteiger charge is 2.15. The van der Waals surface area contributed by atoms with Gasteiger partial charge in [0.05, 0.1) is 18.4 Å². The normalized spacial score (nSPS) is 12.2. The van der Waals surface area contributed by atoms with Crippen LogP contribution in [0.5, 0.6) is 0 Å². The van der Waals surface area contributed by atoms with E-state index >= 15 is 0 Å². The molecule has 0 saturated carbocycles. The molecule has 1 atom stereocenters. The predicted octanol–water partition coefficient (Wildman–Crippen LogP) is 3.02. The van der Waals surface area contributed by atoms with Gasteiger partial charge in [-0.15, -0.1) is 0 Å². The second-order valence-corrected chi connectivity index (χ2v) is 5.85. The molecule has 23 heavy (non-hydrogen) atoms. The Morgan fingerprint density at radius 3 is 2.57 bits per heavy atom. The first kappa shape index (κ1) is 17.1. The van der Waals surface area contributed by atoms with Gasteiger partial charge in [0, 0.05) is 12.2 Å². The van der Waals surface area contributed by atoms with Gasteiger partial charge < -0.3 is 10.6 Å². The van der Waals surface area contributed by atoms with Crippen LogP contribution in [-0.4, -0.2) is 23.5 Å². The smallest absolute Gasteiger partial charge is 0.238 e. The highest BCUT2D eigenvalue weighted by atomic mass is 19.1. The van der Waals surface area contributed by atoms with Crippen LogP contribution >= 0.6 is 0 Å². The lowest BCUT2D eigenvalue weighted by Gasteiger charge is -2.22. The number of nitrogens with zero attached hydrogens (tertiary/aromatic N) is 1. The molecule has 1 aromatic carbocycles. The average molecular weight is 315 g/mol. The van der Waals surface area contributed by atoms with E-state index in [1.807, 2.05) is 0 Å². The van der Waals surface area contributed by atoms with Gasteiger partial charge in [0.1, 0.15) is 5.82 Å². The molecule has 122 valence electrons. The second-order valence-electron chi connectivity index (χ2n) is 5.85. The number of aromatic nitrogens is 1. The Morgan fingerprint density at radius 1 is 1.22 bits per heavy atom. The molecule has 1 aromatic heterocycles. The molecule has 0 radical (unpaired) electrons. The average Bonchev–Trinajstić information content (AvgIpc) is 2.54. The molecule has 2 N–H and O–H groups in total. The number of pyridine rings is 1. The lowest BCUT2D eigenvalue weighted by Crippen LogP contribution is -2.40. The summed E-state index contributed by atoms with van der Waals surface area (Å²) in [5, 5.41) is 6.07. The lowest BCUT2D eigenvalue weighted by molar-refractivity contribution is -0.115. The van der Waals surface area contributed by atoms with Gasteiger partial charge in [0.25, 0.3) is 0 Å². The molecular formula is C18H22FN3O. The van der Waals surface area contributed by atoms with Gasteiger partial charge in [-0.2, -0.15) is 0 Å². The van der Waals surface area contributed by atoms with Crippen molar-refractivity contribution in [2.45, 2.75) is 26.3 Å². The van der Waals surface area contributed by atoms with E-state index in [9.17, 15) is 9.18 Å². The highest BCUT2D eigenvalue weighted by Crippen LogP contribution is 2.11. The maximum absolute atomic E-state index is 13.0. The first-order valence-corrected chi connectivity index (χ1v) is 7.72. The van der Waals surface area contributed by atoms with Crippen molar-refractivity contribution in [1.82, 2.24) is 10.3 Å². The zero-order chi connectivity index (χ0) is 16.7. The Bertz CT molecular complexity index is 614. The quantitative estimate of drug-likeness (QED) is 0.826. The second kappa shape index (κ2) is 8.39. The Balaban J connectivity index is 1.87. The van der Waals surface area contributed by atoms with Gasteiger partial charge in [0.15, 0.2) is 0 Å². The van der Waals surface area contributed by atoms with E-state index in [2.05, 4.69) is 29.5 Å². The van der Waals surface area contributed by atoms with Crippen molar-refractivity contribution in [1.29, 1.82) is 0 Å². The lowest BCUT2D eigenvalue weighted by atomic mass is 9.96. The van der Waals surface area contributed by atoms with Crippen LogP contribution < -0.4 is 10.6 Å². The molecule has 1 heterocycles. The molecule has 0 saturated heterocycles. The van der Waals surface area contributed by atoms with Crippen LogP contribution in [0.25, 0.3) is 0 Å². The number of halogens is 1. The molecule has 1 unspecified atom stereocenters. The van der Waals surface area contributed by atoms with Gasteiger partial charge in [-0.3, -0.25) is 9.78 Å².